The van der Waals surface area contributed by atoms with E-state index >= 15 is 0 Å². The monoisotopic (exact) mass is 305 g/mol. The fourth-order valence-electron chi connectivity index (χ4n) is 1.63. The van der Waals surface area contributed by atoms with Crippen molar-refractivity contribution in [2.24, 2.45) is 0 Å². The number of hydrogen-bond acceptors (Lipinski definition) is 6. The molecule has 1 aromatic heterocycles. The Morgan fingerprint density at radius 3 is 2.76 bits per heavy atom. The average molecular weight is 306 g/mol. The van der Waals surface area contributed by atoms with Gasteiger partial charge >= 0.3 is 0 Å². The molecule has 2 heterocycles. The van der Waals surface area contributed by atoms with E-state index < -0.39 is 0 Å². The first-order valence-corrected chi connectivity index (χ1v) is 8.80. The van der Waals surface area contributed by atoms with E-state index in [9.17, 15) is 0 Å². The largest absolute Gasteiger partial charge is 0.358 e. The predicted molar refractivity (Wildman–Crippen MR) is 81.0 cm³/mol. The van der Waals surface area contributed by atoms with Gasteiger partial charge in [-0.1, -0.05) is 47.1 Å². The molecule has 7 heteroatoms. The van der Waals surface area contributed by atoms with Gasteiger partial charge in [-0.05, 0) is 26.2 Å². The van der Waals surface area contributed by atoms with E-state index in [0.29, 0.717) is 0 Å². The van der Waals surface area contributed by atoms with E-state index in [1.807, 2.05) is 6.92 Å². The summed E-state index contributed by atoms with van der Waals surface area (Å²) < 4.78 is 2.08. The molecule has 2 rings (SSSR count). The second-order valence-corrected chi connectivity index (χ2v) is 8.19. The second-order valence-electron chi connectivity index (χ2n) is 3.81. The molecule has 1 fully saturated rings. The quantitative estimate of drug-likeness (QED) is 0.483. The molecule has 17 heavy (non-hydrogen) atoms. The zero-order valence-corrected chi connectivity index (χ0v) is 13.0. The number of rotatable bonds is 3. The summed E-state index contributed by atoms with van der Waals surface area (Å²) in [4.78, 5) is 2.33. The lowest BCUT2D eigenvalue weighted by Gasteiger charge is -2.28. The molecule has 0 atom stereocenters. The van der Waals surface area contributed by atoms with Crippen LogP contribution in [0.15, 0.2) is 4.34 Å². The molecule has 0 bridgehead atoms. The van der Waals surface area contributed by atoms with E-state index in [2.05, 4.69) is 15.1 Å². The summed E-state index contributed by atoms with van der Waals surface area (Å²) in [6, 6.07) is 0. The van der Waals surface area contributed by atoms with Crippen LogP contribution in [0.3, 0.4) is 0 Å². The van der Waals surface area contributed by atoms with Crippen LogP contribution in [0.4, 0.5) is 0 Å². The van der Waals surface area contributed by atoms with Crippen LogP contribution >= 0.6 is 47.1 Å². The highest BCUT2D eigenvalue weighted by Crippen LogP contribution is 2.27. The van der Waals surface area contributed by atoms with Crippen LogP contribution in [0.1, 0.15) is 24.3 Å². The number of thioether (sulfide) groups is 2. The third-order valence-corrected chi connectivity index (χ3v) is 6.11. The summed E-state index contributed by atoms with van der Waals surface area (Å²) in [5, 5.41) is 10.0. The average Bonchev–Trinajstić information content (AvgIpc) is 2.76. The Labute approximate surface area is 120 Å². The molecule has 94 valence electrons. The first kappa shape index (κ1) is 13.6. The van der Waals surface area contributed by atoms with Gasteiger partial charge in [0.05, 0.1) is 5.08 Å². The van der Waals surface area contributed by atoms with Crippen molar-refractivity contribution in [3.8, 4) is 0 Å². The van der Waals surface area contributed by atoms with Crippen LogP contribution in [0.5, 0.6) is 0 Å². The summed E-state index contributed by atoms with van der Waals surface area (Å²) in [6.07, 6.45) is 3.91. The predicted octanol–water partition coefficient (Wildman–Crippen LogP) is 3.40. The number of aromatic nitrogens is 2. The van der Waals surface area contributed by atoms with Crippen molar-refractivity contribution in [3.05, 3.63) is 5.01 Å². The highest BCUT2D eigenvalue weighted by atomic mass is 32.2. The minimum atomic E-state index is 0.934. The van der Waals surface area contributed by atoms with Gasteiger partial charge in [0.1, 0.15) is 9.33 Å². The van der Waals surface area contributed by atoms with E-state index in [4.69, 9.17) is 12.2 Å². The molecule has 1 aromatic rings. The fourth-order valence-corrected chi connectivity index (χ4v) is 5.20. The second kappa shape index (κ2) is 6.92. The lowest BCUT2D eigenvalue weighted by molar-refractivity contribution is 0.352. The van der Waals surface area contributed by atoms with Crippen molar-refractivity contribution in [1.29, 1.82) is 0 Å². The Morgan fingerprint density at radius 1 is 1.35 bits per heavy atom. The summed E-state index contributed by atoms with van der Waals surface area (Å²) in [6.45, 7) is 4.25. The number of likely N-dealkylation sites (tertiary alicyclic amines) is 1. The van der Waals surface area contributed by atoms with E-state index in [-0.39, 0.29) is 0 Å². The van der Waals surface area contributed by atoms with Crippen molar-refractivity contribution < 1.29 is 0 Å². The molecule has 0 aromatic carbocycles. The van der Waals surface area contributed by atoms with E-state index in [0.717, 1.165) is 31.8 Å². The molecular weight excluding hydrogens is 290 g/mol. The van der Waals surface area contributed by atoms with Gasteiger partial charge in [-0.2, -0.15) is 0 Å². The Balaban J connectivity index is 1.69. The molecule has 0 spiro atoms. The Hall–Kier alpha value is 0.150. The summed E-state index contributed by atoms with van der Waals surface area (Å²) >= 11 is 10.6. The van der Waals surface area contributed by atoms with Gasteiger partial charge in [0.15, 0.2) is 4.34 Å². The first-order valence-electron chi connectivity index (χ1n) is 5.60. The molecule has 0 saturated carbocycles. The Kier molecular flexibility index (Phi) is 5.52. The molecule has 1 aliphatic heterocycles. The SMILES string of the molecule is Cc1nnc(SCSC(=S)N2CCCCC2)s1. The Bertz CT molecular complexity index is 373. The lowest BCUT2D eigenvalue weighted by Crippen LogP contribution is -2.32. The summed E-state index contributed by atoms with van der Waals surface area (Å²) in [7, 11) is 0. The standard InChI is InChI=1S/C10H15N3S4/c1-8-11-12-9(17-8)15-7-16-10(14)13-5-3-2-4-6-13/h2-7H2,1H3. The normalized spacial score (nSPS) is 16.2. The van der Waals surface area contributed by atoms with Crippen molar-refractivity contribution in [2.45, 2.75) is 30.5 Å². The topological polar surface area (TPSA) is 29.0 Å². The number of aryl methyl sites for hydroxylation is 1. The van der Waals surface area contributed by atoms with Gasteiger partial charge in [-0.3, -0.25) is 0 Å². The zero-order chi connectivity index (χ0) is 12.1. The van der Waals surface area contributed by atoms with Crippen LogP contribution < -0.4 is 0 Å². The molecule has 0 amide bonds. The fraction of sp³-hybridized carbons (Fsp3) is 0.700. The van der Waals surface area contributed by atoms with Gasteiger partial charge < -0.3 is 4.90 Å². The van der Waals surface area contributed by atoms with Crippen LogP contribution in [-0.4, -0.2) is 37.6 Å². The summed E-state index contributed by atoms with van der Waals surface area (Å²) in [5.41, 5.74) is 0. The van der Waals surface area contributed by atoms with Crippen LogP contribution in [0, 0.1) is 6.92 Å². The molecular formula is C10H15N3S4. The number of nitrogens with zero attached hydrogens (tertiary/aromatic N) is 3. The number of piperidine rings is 1. The van der Waals surface area contributed by atoms with E-state index in [1.165, 1.54) is 19.3 Å². The van der Waals surface area contributed by atoms with Crippen molar-refractivity contribution in [2.75, 3.05) is 18.2 Å². The highest BCUT2D eigenvalue weighted by molar-refractivity contribution is 8.29. The number of hydrogen-bond donors (Lipinski definition) is 0. The van der Waals surface area contributed by atoms with Crippen LogP contribution in [0.2, 0.25) is 0 Å². The maximum Gasteiger partial charge on any atom is 0.175 e. The van der Waals surface area contributed by atoms with Crippen LogP contribution in [-0.2, 0) is 0 Å². The number of thiocarbonyl (C=S) groups is 1. The van der Waals surface area contributed by atoms with Gasteiger partial charge in [-0.25, -0.2) is 0 Å². The highest BCUT2D eigenvalue weighted by Gasteiger charge is 2.13. The van der Waals surface area contributed by atoms with Gasteiger partial charge in [0.25, 0.3) is 0 Å². The van der Waals surface area contributed by atoms with Gasteiger partial charge in [0, 0.05) is 13.1 Å². The van der Waals surface area contributed by atoms with Crippen molar-refractivity contribution >= 4 is 51.4 Å². The third-order valence-electron chi connectivity index (χ3n) is 2.49. The van der Waals surface area contributed by atoms with Crippen molar-refractivity contribution in [3.63, 3.8) is 0 Å². The molecule has 3 nitrogen and oxygen atoms in total. The third kappa shape index (κ3) is 4.39. The van der Waals surface area contributed by atoms with E-state index in [1.54, 1.807) is 34.9 Å². The zero-order valence-electron chi connectivity index (χ0n) is 9.72. The molecule has 0 N–H and O–H groups in total. The van der Waals surface area contributed by atoms with Gasteiger partial charge in [-0.15, -0.1) is 10.2 Å². The molecule has 0 unspecified atom stereocenters. The molecule has 0 aliphatic carbocycles. The minimum absolute atomic E-state index is 0.934. The minimum Gasteiger partial charge on any atom is -0.358 e. The summed E-state index contributed by atoms with van der Waals surface area (Å²) in [5.74, 6) is 0. The first-order chi connectivity index (χ1) is 8.25. The Morgan fingerprint density at radius 2 is 2.12 bits per heavy atom. The smallest absolute Gasteiger partial charge is 0.175 e. The maximum atomic E-state index is 5.44. The van der Waals surface area contributed by atoms with Crippen molar-refractivity contribution in [1.82, 2.24) is 15.1 Å². The van der Waals surface area contributed by atoms with Crippen LogP contribution in [0.25, 0.3) is 0 Å². The van der Waals surface area contributed by atoms with Gasteiger partial charge in [0.2, 0.25) is 0 Å². The molecule has 0 radical (unpaired) electrons. The molecule has 1 aliphatic rings. The maximum absolute atomic E-state index is 5.44. The molecule has 1 saturated heterocycles. The lowest BCUT2D eigenvalue weighted by atomic mass is 10.1.